The molecule has 0 aliphatic rings. The number of aryl methyl sites for hydroxylation is 1. The molecule has 0 spiro atoms. The Labute approximate surface area is 134 Å². The lowest BCUT2D eigenvalue weighted by Gasteiger charge is -2.14. The topological polar surface area (TPSA) is 81.1 Å². The summed E-state index contributed by atoms with van der Waals surface area (Å²) in [7, 11) is -3.62. The molecule has 0 radical (unpaired) electrons. The zero-order chi connectivity index (χ0) is 17.2. The Bertz CT molecular complexity index is 830. The highest BCUT2D eigenvalue weighted by atomic mass is 32.2. The maximum Gasteiger partial charge on any atom is 0.254 e. The van der Waals surface area contributed by atoms with E-state index < -0.39 is 21.7 Å². The predicted molar refractivity (Wildman–Crippen MR) is 83.3 cm³/mol. The predicted octanol–water partition coefficient (Wildman–Crippen LogP) is 1.94. The highest BCUT2D eigenvalue weighted by Crippen LogP contribution is 2.20. The molecule has 0 fully saturated rings. The summed E-state index contributed by atoms with van der Waals surface area (Å²) >= 11 is 0. The molecule has 2 rings (SSSR count). The lowest BCUT2D eigenvalue weighted by Crippen LogP contribution is -2.26. The minimum atomic E-state index is -3.62. The second-order valence-electron chi connectivity index (χ2n) is 5.24. The van der Waals surface area contributed by atoms with Crippen molar-refractivity contribution in [3.05, 3.63) is 47.5 Å². The van der Waals surface area contributed by atoms with Gasteiger partial charge in [-0.15, -0.1) is 0 Å². The van der Waals surface area contributed by atoms with E-state index in [0.29, 0.717) is 17.7 Å². The van der Waals surface area contributed by atoms with Gasteiger partial charge in [0, 0.05) is 19.0 Å². The van der Waals surface area contributed by atoms with Crippen LogP contribution >= 0.6 is 0 Å². The van der Waals surface area contributed by atoms with Gasteiger partial charge in [-0.3, -0.25) is 9.48 Å². The van der Waals surface area contributed by atoms with Gasteiger partial charge >= 0.3 is 0 Å². The zero-order valence-corrected chi connectivity index (χ0v) is 13.9. The van der Waals surface area contributed by atoms with E-state index in [2.05, 4.69) is 10.4 Å². The van der Waals surface area contributed by atoms with Crippen LogP contribution in [0.15, 0.2) is 35.5 Å². The van der Waals surface area contributed by atoms with Gasteiger partial charge in [0.2, 0.25) is 0 Å². The van der Waals surface area contributed by atoms with Gasteiger partial charge in [0.15, 0.2) is 9.84 Å². The van der Waals surface area contributed by atoms with E-state index in [-0.39, 0.29) is 10.8 Å². The van der Waals surface area contributed by atoms with Gasteiger partial charge in [0.05, 0.1) is 17.8 Å². The van der Waals surface area contributed by atoms with Gasteiger partial charge in [-0.1, -0.05) is 6.07 Å². The first-order chi connectivity index (χ1) is 10.7. The van der Waals surface area contributed by atoms with E-state index in [9.17, 15) is 17.6 Å². The molecule has 0 saturated heterocycles. The second-order valence-corrected chi connectivity index (χ2v) is 7.23. The fourth-order valence-electron chi connectivity index (χ4n) is 2.10. The Balaban J connectivity index is 2.16. The molecule has 0 saturated carbocycles. The SMILES string of the molecule is CCn1cc(C(=O)N[C@@H](C)c2ccc(S(C)(=O)=O)c(F)c2)cn1. The van der Waals surface area contributed by atoms with Gasteiger partial charge in [-0.05, 0) is 31.5 Å². The molecule has 1 atom stereocenters. The first-order valence-electron chi connectivity index (χ1n) is 7.05. The molecule has 0 aliphatic carbocycles. The van der Waals surface area contributed by atoms with E-state index in [4.69, 9.17) is 0 Å². The number of carbonyl (C=O) groups excluding carboxylic acids is 1. The lowest BCUT2D eigenvalue weighted by atomic mass is 10.1. The highest BCUT2D eigenvalue weighted by molar-refractivity contribution is 7.90. The Morgan fingerprint density at radius 2 is 2.13 bits per heavy atom. The van der Waals surface area contributed by atoms with Crippen molar-refractivity contribution >= 4 is 15.7 Å². The number of nitrogens with one attached hydrogen (secondary N) is 1. The maximum absolute atomic E-state index is 13.9. The van der Waals surface area contributed by atoms with Crippen molar-refractivity contribution in [1.29, 1.82) is 0 Å². The number of hydrogen-bond donors (Lipinski definition) is 1. The second kappa shape index (κ2) is 6.49. The van der Waals surface area contributed by atoms with Crippen LogP contribution in [0.25, 0.3) is 0 Å². The van der Waals surface area contributed by atoms with Crippen LogP contribution in [-0.4, -0.2) is 30.4 Å². The summed E-state index contributed by atoms with van der Waals surface area (Å²) < 4.78 is 38.4. The van der Waals surface area contributed by atoms with Gasteiger partial charge in [-0.2, -0.15) is 5.10 Å². The summed E-state index contributed by atoms with van der Waals surface area (Å²) in [5.74, 6) is -1.16. The Morgan fingerprint density at radius 1 is 1.43 bits per heavy atom. The summed E-state index contributed by atoms with van der Waals surface area (Å²) in [5, 5.41) is 6.74. The first kappa shape index (κ1) is 17.1. The van der Waals surface area contributed by atoms with Gasteiger partial charge in [0.25, 0.3) is 5.91 Å². The number of hydrogen-bond acceptors (Lipinski definition) is 4. The van der Waals surface area contributed by atoms with Gasteiger partial charge < -0.3 is 5.32 Å². The number of benzene rings is 1. The average Bonchev–Trinajstić information content (AvgIpc) is 2.94. The molecule has 6 nitrogen and oxygen atoms in total. The minimum absolute atomic E-state index is 0.329. The molecule has 23 heavy (non-hydrogen) atoms. The third-order valence-electron chi connectivity index (χ3n) is 3.42. The van der Waals surface area contributed by atoms with Crippen LogP contribution in [0.3, 0.4) is 0 Å². The lowest BCUT2D eigenvalue weighted by molar-refractivity contribution is 0.0939. The van der Waals surface area contributed by atoms with Crippen molar-refractivity contribution in [3.63, 3.8) is 0 Å². The normalized spacial score (nSPS) is 12.9. The smallest absolute Gasteiger partial charge is 0.254 e. The molecule has 1 amide bonds. The standard InChI is InChI=1S/C15H18FN3O3S/c1-4-19-9-12(8-17-19)15(20)18-10(2)11-5-6-14(13(16)7-11)23(3,21)22/h5-10H,4H2,1-3H3,(H,18,20)/t10-/m0/s1. The Hall–Kier alpha value is -2.22. The van der Waals surface area contributed by atoms with E-state index in [1.165, 1.54) is 18.3 Å². The Morgan fingerprint density at radius 3 is 2.65 bits per heavy atom. The zero-order valence-electron chi connectivity index (χ0n) is 13.1. The number of nitrogens with zero attached hydrogens (tertiary/aromatic N) is 2. The fourth-order valence-corrected chi connectivity index (χ4v) is 2.83. The molecule has 1 aromatic carbocycles. The molecule has 124 valence electrons. The first-order valence-corrected chi connectivity index (χ1v) is 8.94. The summed E-state index contributed by atoms with van der Waals surface area (Å²) in [5.41, 5.74) is 0.887. The van der Waals surface area contributed by atoms with Crippen LogP contribution < -0.4 is 5.32 Å². The van der Waals surface area contributed by atoms with Crippen LogP contribution in [0, 0.1) is 5.82 Å². The van der Waals surface area contributed by atoms with Gasteiger partial charge in [-0.25, -0.2) is 12.8 Å². The van der Waals surface area contributed by atoms with E-state index in [1.54, 1.807) is 17.8 Å². The largest absolute Gasteiger partial charge is 0.345 e. The third-order valence-corrected chi connectivity index (χ3v) is 4.55. The van der Waals surface area contributed by atoms with Gasteiger partial charge in [0.1, 0.15) is 10.7 Å². The van der Waals surface area contributed by atoms with Crippen molar-refractivity contribution < 1.29 is 17.6 Å². The minimum Gasteiger partial charge on any atom is -0.345 e. The van der Waals surface area contributed by atoms with Crippen LogP contribution in [-0.2, 0) is 16.4 Å². The molecule has 1 heterocycles. The van der Waals surface area contributed by atoms with Crippen molar-refractivity contribution in [2.75, 3.05) is 6.26 Å². The number of amides is 1. The summed E-state index contributed by atoms with van der Waals surface area (Å²) in [6.07, 6.45) is 4.02. The monoisotopic (exact) mass is 339 g/mol. The Kier molecular flexibility index (Phi) is 4.84. The molecule has 2 aromatic rings. The van der Waals surface area contributed by atoms with Crippen molar-refractivity contribution in [1.82, 2.24) is 15.1 Å². The molecule has 0 bridgehead atoms. The van der Waals surface area contributed by atoms with Crippen molar-refractivity contribution in [3.8, 4) is 0 Å². The van der Waals surface area contributed by atoms with Crippen molar-refractivity contribution in [2.24, 2.45) is 0 Å². The van der Waals surface area contributed by atoms with Crippen LogP contribution in [0.5, 0.6) is 0 Å². The van der Waals surface area contributed by atoms with Crippen LogP contribution in [0.1, 0.15) is 35.8 Å². The number of halogens is 1. The average molecular weight is 339 g/mol. The summed E-state index contributed by atoms with van der Waals surface area (Å²) in [6.45, 7) is 4.25. The molecule has 1 aromatic heterocycles. The maximum atomic E-state index is 13.9. The molecular formula is C15H18FN3O3S. The number of aromatic nitrogens is 2. The van der Waals surface area contributed by atoms with E-state index >= 15 is 0 Å². The molecule has 0 unspecified atom stereocenters. The molecule has 0 aliphatic heterocycles. The van der Waals surface area contributed by atoms with E-state index in [1.807, 2.05) is 6.92 Å². The third kappa shape index (κ3) is 3.95. The summed E-state index contributed by atoms with van der Waals surface area (Å²) in [4.78, 5) is 11.8. The number of rotatable bonds is 5. The summed E-state index contributed by atoms with van der Waals surface area (Å²) in [6, 6.07) is 3.34. The molecule has 1 N–H and O–H groups in total. The van der Waals surface area contributed by atoms with Crippen LogP contribution in [0.4, 0.5) is 4.39 Å². The highest BCUT2D eigenvalue weighted by Gasteiger charge is 2.17. The van der Waals surface area contributed by atoms with Crippen LogP contribution in [0.2, 0.25) is 0 Å². The molecule has 8 heteroatoms. The number of sulfone groups is 1. The van der Waals surface area contributed by atoms with E-state index in [0.717, 1.165) is 12.3 Å². The fraction of sp³-hybridized carbons (Fsp3) is 0.333. The quantitative estimate of drug-likeness (QED) is 0.902. The molecular weight excluding hydrogens is 321 g/mol. The van der Waals surface area contributed by atoms with Crippen molar-refractivity contribution in [2.45, 2.75) is 31.3 Å². The number of carbonyl (C=O) groups is 1.